The van der Waals surface area contributed by atoms with E-state index in [-0.39, 0.29) is 10.6 Å². The Balaban J connectivity index is 2.33. The first-order valence-corrected chi connectivity index (χ1v) is 7.28. The zero-order chi connectivity index (χ0) is 13.1. The number of thioether (sulfide) groups is 1. The van der Waals surface area contributed by atoms with Gasteiger partial charge in [0.05, 0.1) is 5.69 Å². The molecule has 0 amide bonds. The molecule has 0 spiro atoms. The number of nitrogens with zero attached hydrogens (tertiary/aromatic N) is 1. The molecule has 18 heavy (non-hydrogen) atoms. The van der Waals surface area contributed by atoms with E-state index in [9.17, 15) is 8.78 Å². The molecule has 0 bridgehead atoms. The maximum absolute atomic E-state index is 14.0. The molecular weight excluding hydrogens is 274 g/mol. The lowest BCUT2D eigenvalue weighted by Gasteiger charge is -2.23. The number of hydrogen-bond acceptors (Lipinski definition) is 3. The first kappa shape index (κ1) is 13.5. The molecule has 2 nitrogen and oxygen atoms in total. The third-order valence-electron chi connectivity index (χ3n) is 2.89. The van der Waals surface area contributed by atoms with Crippen LogP contribution in [0.2, 0.25) is 0 Å². The highest BCUT2D eigenvalue weighted by atomic mass is 32.2. The Bertz CT molecular complexity index is 458. The van der Waals surface area contributed by atoms with E-state index in [1.807, 2.05) is 16.7 Å². The van der Waals surface area contributed by atoms with E-state index in [0.717, 1.165) is 31.0 Å². The Morgan fingerprint density at radius 2 is 2.00 bits per heavy atom. The molecule has 1 saturated heterocycles. The van der Waals surface area contributed by atoms with Crippen LogP contribution in [0.4, 0.5) is 14.5 Å². The van der Waals surface area contributed by atoms with Gasteiger partial charge in [-0.2, -0.15) is 11.8 Å². The molecule has 1 aliphatic rings. The minimum Gasteiger partial charge on any atom is -0.389 e. The highest BCUT2D eigenvalue weighted by molar-refractivity contribution is 7.99. The van der Waals surface area contributed by atoms with Crippen molar-refractivity contribution < 1.29 is 8.78 Å². The van der Waals surface area contributed by atoms with Crippen molar-refractivity contribution in [3.8, 4) is 0 Å². The molecular formula is C12H14F2N2S2. The van der Waals surface area contributed by atoms with Gasteiger partial charge in [0.25, 0.3) is 0 Å². The zero-order valence-electron chi connectivity index (χ0n) is 9.79. The van der Waals surface area contributed by atoms with Crippen molar-refractivity contribution in [1.29, 1.82) is 0 Å². The Labute approximate surface area is 115 Å². The van der Waals surface area contributed by atoms with Crippen LogP contribution in [-0.2, 0) is 0 Å². The third-order valence-corrected chi connectivity index (χ3v) is 4.16. The van der Waals surface area contributed by atoms with Gasteiger partial charge in [0.1, 0.15) is 4.99 Å². The normalized spacial score (nSPS) is 16.4. The molecule has 0 radical (unpaired) electrons. The van der Waals surface area contributed by atoms with E-state index in [2.05, 4.69) is 12.2 Å². The summed E-state index contributed by atoms with van der Waals surface area (Å²) < 4.78 is 27.8. The van der Waals surface area contributed by atoms with E-state index >= 15 is 0 Å². The third kappa shape index (κ3) is 2.75. The topological polar surface area (TPSA) is 29.3 Å². The summed E-state index contributed by atoms with van der Waals surface area (Å²) in [5.41, 5.74) is 5.61. The predicted molar refractivity (Wildman–Crippen MR) is 76.4 cm³/mol. The highest BCUT2D eigenvalue weighted by Gasteiger charge is 2.19. The molecule has 0 aromatic heterocycles. The minimum absolute atomic E-state index is 0.0320. The highest BCUT2D eigenvalue weighted by Crippen LogP contribution is 2.26. The van der Waals surface area contributed by atoms with Crippen molar-refractivity contribution in [2.24, 2.45) is 5.73 Å². The van der Waals surface area contributed by atoms with Gasteiger partial charge >= 0.3 is 0 Å². The summed E-state index contributed by atoms with van der Waals surface area (Å²) in [5, 5.41) is 0. The van der Waals surface area contributed by atoms with Gasteiger partial charge in [-0.1, -0.05) is 12.2 Å². The van der Waals surface area contributed by atoms with Gasteiger partial charge in [-0.05, 0) is 24.3 Å². The average Bonchev–Trinajstić information content (AvgIpc) is 2.60. The molecule has 0 aliphatic carbocycles. The molecule has 6 heteroatoms. The van der Waals surface area contributed by atoms with Crippen LogP contribution in [0, 0.1) is 11.6 Å². The van der Waals surface area contributed by atoms with Gasteiger partial charge < -0.3 is 10.6 Å². The molecule has 0 saturated carbocycles. The lowest BCUT2D eigenvalue weighted by atomic mass is 10.1. The van der Waals surface area contributed by atoms with Gasteiger partial charge in [0, 0.05) is 24.4 Å². The van der Waals surface area contributed by atoms with Crippen LogP contribution < -0.4 is 10.6 Å². The van der Waals surface area contributed by atoms with Gasteiger partial charge in [-0.25, -0.2) is 8.78 Å². The smallest absolute Gasteiger partial charge is 0.182 e. The summed E-state index contributed by atoms with van der Waals surface area (Å²) in [5.74, 6) is 0.188. The van der Waals surface area contributed by atoms with Crippen LogP contribution in [0.5, 0.6) is 0 Å². The zero-order valence-corrected chi connectivity index (χ0v) is 11.4. The standard InChI is InChI=1S/C12H14F2N2S2/c13-10-8(12(15)17)2-3-9(11(10)14)16-4-1-6-18-7-5-16/h2-3H,1,4-7H2,(H2,15,17). The molecule has 2 rings (SSSR count). The molecule has 1 aliphatic heterocycles. The largest absolute Gasteiger partial charge is 0.389 e. The molecule has 98 valence electrons. The fourth-order valence-electron chi connectivity index (χ4n) is 1.96. The van der Waals surface area contributed by atoms with Crippen molar-refractivity contribution in [1.82, 2.24) is 0 Å². The summed E-state index contributed by atoms with van der Waals surface area (Å²) in [6.07, 6.45) is 0.975. The molecule has 1 aromatic rings. The maximum Gasteiger partial charge on any atom is 0.182 e. The lowest BCUT2D eigenvalue weighted by Crippen LogP contribution is -2.27. The number of benzene rings is 1. The van der Waals surface area contributed by atoms with Crippen molar-refractivity contribution in [2.75, 3.05) is 29.5 Å². The Morgan fingerprint density at radius 1 is 1.22 bits per heavy atom. The monoisotopic (exact) mass is 288 g/mol. The minimum atomic E-state index is -0.947. The fourth-order valence-corrected chi connectivity index (χ4v) is 3.01. The Kier molecular flexibility index (Phi) is 4.40. The van der Waals surface area contributed by atoms with Crippen LogP contribution in [0.3, 0.4) is 0 Å². The molecule has 0 unspecified atom stereocenters. The van der Waals surface area contributed by atoms with Crippen molar-refractivity contribution >= 4 is 34.7 Å². The van der Waals surface area contributed by atoms with E-state index < -0.39 is 11.6 Å². The molecule has 1 heterocycles. The predicted octanol–water partition coefficient (Wildman–Crippen LogP) is 2.54. The van der Waals surface area contributed by atoms with Crippen LogP contribution in [0.25, 0.3) is 0 Å². The molecule has 1 aromatic carbocycles. The van der Waals surface area contributed by atoms with Gasteiger partial charge in [-0.3, -0.25) is 0 Å². The summed E-state index contributed by atoms with van der Waals surface area (Å²) in [6, 6.07) is 3.01. The quantitative estimate of drug-likeness (QED) is 0.847. The van der Waals surface area contributed by atoms with Gasteiger partial charge in [0.2, 0.25) is 0 Å². The van der Waals surface area contributed by atoms with Crippen LogP contribution >= 0.6 is 24.0 Å². The van der Waals surface area contributed by atoms with Crippen molar-refractivity contribution in [3.63, 3.8) is 0 Å². The van der Waals surface area contributed by atoms with Crippen molar-refractivity contribution in [3.05, 3.63) is 29.3 Å². The SMILES string of the molecule is NC(=S)c1ccc(N2CCCSCC2)c(F)c1F. The number of anilines is 1. The second-order valence-corrected chi connectivity index (χ2v) is 5.74. The molecule has 2 N–H and O–H groups in total. The van der Waals surface area contributed by atoms with Crippen LogP contribution in [0.15, 0.2) is 12.1 Å². The van der Waals surface area contributed by atoms with E-state index in [1.165, 1.54) is 6.07 Å². The first-order valence-electron chi connectivity index (χ1n) is 5.71. The summed E-state index contributed by atoms with van der Waals surface area (Å²) >= 11 is 6.52. The number of hydrogen-bond donors (Lipinski definition) is 1. The maximum atomic E-state index is 14.0. The van der Waals surface area contributed by atoms with E-state index in [0.29, 0.717) is 5.69 Å². The summed E-state index contributed by atoms with van der Waals surface area (Å²) in [4.78, 5) is 1.76. The second-order valence-electron chi connectivity index (χ2n) is 4.08. The summed E-state index contributed by atoms with van der Waals surface area (Å²) in [6.45, 7) is 1.48. The second kappa shape index (κ2) is 5.84. The number of rotatable bonds is 2. The van der Waals surface area contributed by atoms with E-state index in [4.69, 9.17) is 5.73 Å². The van der Waals surface area contributed by atoms with Crippen LogP contribution in [-0.4, -0.2) is 29.6 Å². The first-order chi connectivity index (χ1) is 8.61. The van der Waals surface area contributed by atoms with Gasteiger partial charge in [0.15, 0.2) is 11.6 Å². The number of thiocarbonyl (C=S) groups is 1. The van der Waals surface area contributed by atoms with Crippen LogP contribution in [0.1, 0.15) is 12.0 Å². The fraction of sp³-hybridized carbons (Fsp3) is 0.417. The molecule has 0 atom stereocenters. The summed E-state index contributed by atoms with van der Waals surface area (Å²) in [7, 11) is 0. The lowest BCUT2D eigenvalue weighted by molar-refractivity contribution is 0.505. The molecule has 1 fully saturated rings. The van der Waals surface area contributed by atoms with Gasteiger partial charge in [-0.15, -0.1) is 0 Å². The Morgan fingerprint density at radius 3 is 2.72 bits per heavy atom. The Hall–Kier alpha value is -0.880. The number of nitrogens with two attached hydrogens (primary N) is 1. The average molecular weight is 288 g/mol. The van der Waals surface area contributed by atoms with Crippen molar-refractivity contribution in [2.45, 2.75) is 6.42 Å². The number of halogens is 2. The van der Waals surface area contributed by atoms with E-state index in [1.54, 1.807) is 6.07 Å².